The molecule has 0 spiro atoms. The monoisotopic (exact) mass is 414 g/mol. The predicted octanol–water partition coefficient (Wildman–Crippen LogP) is 2.02. The van der Waals surface area contributed by atoms with E-state index in [1.165, 1.54) is 6.26 Å². The Balaban J connectivity index is 1.55. The molecule has 1 heterocycles. The summed E-state index contributed by atoms with van der Waals surface area (Å²) in [5, 5.41) is 9.45. The van der Waals surface area contributed by atoms with Crippen LogP contribution in [0.1, 0.15) is 29.0 Å². The number of nitrogens with zero attached hydrogens (tertiary/aromatic N) is 1. The van der Waals surface area contributed by atoms with Gasteiger partial charge in [-0.05, 0) is 22.8 Å². The number of guanidine groups is 1. The molecule has 0 aromatic heterocycles. The molecule has 0 aliphatic carbocycles. The van der Waals surface area contributed by atoms with E-state index in [0.29, 0.717) is 25.5 Å². The predicted molar refractivity (Wildman–Crippen MR) is 116 cm³/mol. The lowest BCUT2D eigenvalue weighted by atomic mass is 9.90. The lowest BCUT2D eigenvalue weighted by molar-refractivity contribution is -0.116. The molecule has 0 radical (unpaired) electrons. The average Bonchev–Trinajstić information content (AvgIpc) is 2.68. The summed E-state index contributed by atoms with van der Waals surface area (Å²) in [6.45, 7) is 1.15. The Morgan fingerprint density at radius 2 is 1.79 bits per heavy atom. The van der Waals surface area contributed by atoms with Gasteiger partial charge in [0.1, 0.15) is 0 Å². The van der Waals surface area contributed by atoms with Crippen molar-refractivity contribution in [3.63, 3.8) is 0 Å². The van der Waals surface area contributed by atoms with Crippen molar-refractivity contribution < 1.29 is 13.2 Å². The van der Waals surface area contributed by atoms with Crippen molar-refractivity contribution in [2.24, 2.45) is 4.99 Å². The van der Waals surface area contributed by atoms with E-state index >= 15 is 0 Å². The molecule has 1 aliphatic heterocycles. The van der Waals surface area contributed by atoms with Crippen LogP contribution < -0.4 is 16.0 Å². The van der Waals surface area contributed by atoms with Gasteiger partial charge in [0.05, 0.1) is 5.75 Å². The van der Waals surface area contributed by atoms with E-state index in [-0.39, 0.29) is 17.6 Å². The van der Waals surface area contributed by atoms with Gasteiger partial charge >= 0.3 is 0 Å². The largest absolute Gasteiger partial charge is 0.356 e. The van der Waals surface area contributed by atoms with Crippen LogP contribution in [0.2, 0.25) is 0 Å². The Morgan fingerprint density at radius 1 is 1.10 bits per heavy atom. The standard InChI is InChI=1S/C21H26N4O3S/c1-22-21(23-12-15-7-9-16(10-8-15)14-29(2,27)28)24-13-17-11-20(26)25-19-6-4-3-5-18(17)19/h3-10,17H,11-14H2,1-2H3,(H,25,26)(H2,22,23,24). The maximum absolute atomic E-state index is 12.0. The Bertz CT molecular complexity index is 1000. The number of nitrogens with one attached hydrogen (secondary N) is 3. The van der Waals surface area contributed by atoms with E-state index in [0.717, 1.165) is 22.4 Å². The van der Waals surface area contributed by atoms with Gasteiger partial charge in [0.2, 0.25) is 5.91 Å². The molecule has 7 nitrogen and oxygen atoms in total. The summed E-state index contributed by atoms with van der Waals surface area (Å²) in [4.78, 5) is 16.2. The van der Waals surface area contributed by atoms with Crippen molar-refractivity contribution >= 4 is 27.4 Å². The second-order valence-corrected chi connectivity index (χ2v) is 9.37. The normalized spacial score (nSPS) is 16.7. The summed E-state index contributed by atoms with van der Waals surface area (Å²) in [5.74, 6) is 0.787. The Kier molecular flexibility index (Phi) is 6.53. The van der Waals surface area contributed by atoms with Gasteiger partial charge in [-0.25, -0.2) is 8.42 Å². The number of hydrogen-bond donors (Lipinski definition) is 3. The molecular formula is C21H26N4O3S. The van der Waals surface area contributed by atoms with Gasteiger partial charge < -0.3 is 16.0 Å². The Labute approximate surface area is 171 Å². The summed E-state index contributed by atoms with van der Waals surface area (Å²) >= 11 is 0. The first kappa shape index (κ1) is 20.9. The number of hydrogen-bond acceptors (Lipinski definition) is 4. The van der Waals surface area contributed by atoms with E-state index in [1.807, 2.05) is 48.5 Å². The molecule has 1 aliphatic rings. The molecule has 2 aromatic rings. The zero-order valence-corrected chi connectivity index (χ0v) is 17.4. The molecule has 0 saturated heterocycles. The molecule has 2 aromatic carbocycles. The number of rotatable bonds is 6. The molecule has 8 heteroatoms. The topological polar surface area (TPSA) is 99.7 Å². The Morgan fingerprint density at radius 3 is 2.48 bits per heavy atom. The SMILES string of the molecule is CN=C(NCc1ccc(CS(C)(=O)=O)cc1)NCC1CC(=O)Nc2ccccc21. The lowest BCUT2D eigenvalue weighted by Crippen LogP contribution is -2.40. The number of carbonyl (C=O) groups is 1. The van der Waals surface area contributed by atoms with Crippen LogP contribution in [-0.4, -0.2) is 40.1 Å². The Hall–Kier alpha value is -2.87. The molecule has 1 unspecified atom stereocenters. The molecule has 154 valence electrons. The highest BCUT2D eigenvalue weighted by atomic mass is 32.2. The number of amides is 1. The molecule has 1 amide bonds. The fourth-order valence-corrected chi connectivity index (χ4v) is 4.16. The van der Waals surface area contributed by atoms with E-state index in [1.54, 1.807) is 7.05 Å². The fraction of sp³-hybridized carbons (Fsp3) is 0.333. The maximum atomic E-state index is 12.0. The highest BCUT2D eigenvalue weighted by Crippen LogP contribution is 2.31. The smallest absolute Gasteiger partial charge is 0.225 e. The van der Waals surface area contributed by atoms with Gasteiger partial charge in [-0.3, -0.25) is 9.79 Å². The van der Waals surface area contributed by atoms with Crippen LogP contribution in [0.15, 0.2) is 53.5 Å². The third-order valence-corrected chi connectivity index (χ3v) is 5.62. The number of para-hydroxylation sites is 1. The molecule has 0 saturated carbocycles. The highest BCUT2D eigenvalue weighted by Gasteiger charge is 2.24. The van der Waals surface area contributed by atoms with Gasteiger partial charge in [-0.1, -0.05) is 42.5 Å². The van der Waals surface area contributed by atoms with E-state index in [2.05, 4.69) is 20.9 Å². The van der Waals surface area contributed by atoms with Crippen molar-refractivity contribution in [1.29, 1.82) is 0 Å². The highest BCUT2D eigenvalue weighted by molar-refractivity contribution is 7.89. The summed E-state index contributed by atoms with van der Waals surface area (Å²) in [5.41, 5.74) is 3.78. The summed E-state index contributed by atoms with van der Waals surface area (Å²) in [7, 11) is -1.34. The van der Waals surface area contributed by atoms with Gasteiger partial charge in [0.25, 0.3) is 0 Å². The minimum absolute atomic E-state index is 0.0210. The maximum Gasteiger partial charge on any atom is 0.225 e. The third kappa shape index (κ3) is 6.05. The van der Waals surface area contributed by atoms with Crippen LogP contribution in [0.5, 0.6) is 0 Å². The first-order valence-corrected chi connectivity index (χ1v) is 11.5. The number of sulfone groups is 1. The quantitative estimate of drug-likeness (QED) is 0.496. The van der Waals surface area contributed by atoms with Crippen LogP contribution >= 0.6 is 0 Å². The van der Waals surface area contributed by atoms with Gasteiger partial charge in [0, 0.05) is 44.4 Å². The minimum Gasteiger partial charge on any atom is -0.356 e. The van der Waals surface area contributed by atoms with Crippen LogP contribution in [0.3, 0.4) is 0 Å². The van der Waals surface area contributed by atoms with Gasteiger partial charge in [0.15, 0.2) is 15.8 Å². The van der Waals surface area contributed by atoms with Gasteiger partial charge in [-0.15, -0.1) is 0 Å². The molecule has 0 fully saturated rings. The zero-order chi connectivity index (χ0) is 20.9. The van der Waals surface area contributed by atoms with E-state index in [9.17, 15) is 13.2 Å². The second-order valence-electron chi connectivity index (χ2n) is 7.23. The van der Waals surface area contributed by atoms with Crippen molar-refractivity contribution in [3.8, 4) is 0 Å². The molecule has 3 N–H and O–H groups in total. The number of aliphatic imine (C=N–C) groups is 1. The molecule has 3 rings (SSSR count). The molecular weight excluding hydrogens is 388 g/mol. The average molecular weight is 415 g/mol. The van der Waals surface area contributed by atoms with Crippen LogP contribution in [0.25, 0.3) is 0 Å². The first-order chi connectivity index (χ1) is 13.8. The third-order valence-electron chi connectivity index (χ3n) is 4.76. The van der Waals surface area contributed by atoms with E-state index < -0.39 is 9.84 Å². The summed E-state index contributed by atoms with van der Waals surface area (Å²) in [6.07, 6.45) is 1.66. The summed E-state index contributed by atoms with van der Waals surface area (Å²) in [6, 6.07) is 15.3. The number of anilines is 1. The summed E-state index contributed by atoms with van der Waals surface area (Å²) < 4.78 is 22.8. The zero-order valence-electron chi connectivity index (χ0n) is 16.6. The van der Waals surface area contributed by atoms with Crippen molar-refractivity contribution in [3.05, 3.63) is 65.2 Å². The second kappa shape index (κ2) is 9.09. The molecule has 29 heavy (non-hydrogen) atoms. The lowest BCUT2D eigenvalue weighted by Gasteiger charge is -2.26. The number of carbonyl (C=O) groups excluding carboxylic acids is 1. The van der Waals surface area contributed by atoms with E-state index in [4.69, 9.17) is 0 Å². The van der Waals surface area contributed by atoms with Gasteiger partial charge in [-0.2, -0.15) is 0 Å². The van der Waals surface area contributed by atoms with Crippen molar-refractivity contribution in [1.82, 2.24) is 10.6 Å². The van der Waals surface area contributed by atoms with Crippen LogP contribution in [-0.2, 0) is 26.9 Å². The van der Waals surface area contributed by atoms with Crippen LogP contribution in [0, 0.1) is 0 Å². The number of benzene rings is 2. The minimum atomic E-state index is -3.04. The van der Waals surface area contributed by atoms with Crippen LogP contribution in [0.4, 0.5) is 5.69 Å². The molecule has 0 bridgehead atoms. The van der Waals surface area contributed by atoms with Crippen molar-refractivity contribution in [2.45, 2.75) is 24.6 Å². The van der Waals surface area contributed by atoms with Crippen molar-refractivity contribution in [2.75, 3.05) is 25.2 Å². The number of fused-ring (bicyclic) bond motifs is 1. The first-order valence-electron chi connectivity index (χ1n) is 9.43. The molecule has 1 atom stereocenters. The fourth-order valence-electron chi connectivity index (χ4n) is 3.37.